The van der Waals surface area contributed by atoms with Crippen molar-refractivity contribution in [2.24, 2.45) is 0 Å². The number of carbonyl (C=O) groups is 1. The first-order valence-electron chi connectivity index (χ1n) is 8.47. The van der Waals surface area contributed by atoms with Gasteiger partial charge >= 0.3 is 0 Å². The van der Waals surface area contributed by atoms with Gasteiger partial charge in [-0.05, 0) is 48.9 Å². The number of hydrogen-bond donors (Lipinski definition) is 2. The van der Waals surface area contributed by atoms with Gasteiger partial charge in [0, 0.05) is 22.6 Å². The van der Waals surface area contributed by atoms with E-state index in [1.807, 2.05) is 24.3 Å². The third-order valence-electron chi connectivity index (χ3n) is 4.02. The molecule has 0 saturated carbocycles. The summed E-state index contributed by atoms with van der Waals surface area (Å²) in [5.74, 6) is 0.888. The lowest BCUT2D eigenvalue weighted by Gasteiger charge is -2.11. The Balaban J connectivity index is 1.75. The largest absolute Gasteiger partial charge is 0.460 e. The molecule has 146 valence electrons. The van der Waals surface area contributed by atoms with Crippen molar-refractivity contribution in [3.05, 3.63) is 70.4 Å². The first-order valence-corrected chi connectivity index (χ1v) is 10.7. The quantitative estimate of drug-likeness (QED) is 0.565. The predicted octanol–water partition coefficient (Wildman–Crippen LogP) is 4.45. The maximum Gasteiger partial charge on any atom is 0.241 e. The van der Waals surface area contributed by atoms with Gasteiger partial charge in [-0.3, -0.25) is 4.79 Å². The van der Waals surface area contributed by atoms with Crippen molar-refractivity contribution in [3.8, 4) is 11.3 Å². The highest BCUT2D eigenvalue weighted by Crippen LogP contribution is 2.25. The van der Waals surface area contributed by atoms with E-state index < -0.39 is 10.0 Å². The van der Waals surface area contributed by atoms with E-state index in [9.17, 15) is 13.2 Å². The molecule has 0 bridgehead atoms. The zero-order chi connectivity index (χ0) is 20.3. The summed E-state index contributed by atoms with van der Waals surface area (Å²) in [7, 11) is -3.78. The van der Waals surface area contributed by atoms with E-state index in [1.165, 1.54) is 13.0 Å². The monoisotopic (exact) mass is 462 g/mol. The van der Waals surface area contributed by atoms with Crippen molar-refractivity contribution in [1.29, 1.82) is 0 Å². The molecular weight excluding hydrogens is 444 g/mol. The topological polar surface area (TPSA) is 88.4 Å². The van der Waals surface area contributed by atoms with Gasteiger partial charge < -0.3 is 9.73 Å². The lowest BCUT2D eigenvalue weighted by molar-refractivity contribution is -0.114. The Morgan fingerprint density at radius 2 is 1.79 bits per heavy atom. The van der Waals surface area contributed by atoms with Crippen LogP contribution in [0.5, 0.6) is 0 Å². The van der Waals surface area contributed by atoms with Crippen LogP contribution in [0.15, 0.2) is 68.4 Å². The maximum absolute atomic E-state index is 12.7. The van der Waals surface area contributed by atoms with Crippen LogP contribution in [0.1, 0.15) is 18.2 Å². The Hall–Kier alpha value is -2.42. The summed E-state index contributed by atoms with van der Waals surface area (Å²) in [4.78, 5) is 11.3. The summed E-state index contributed by atoms with van der Waals surface area (Å²) < 4.78 is 34.7. The number of hydrogen-bond acceptors (Lipinski definition) is 4. The van der Waals surface area contributed by atoms with Crippen LogP contribution in [0.3, 0.4) is 0 Å². The fourth-order valence-electron chi connectivity index (χ4n) is 2.66. The Kier molecular flexibility index (Phi) is 6.02. The highest BCUT2D eigenvalue weighted by molar-refractivity contribution is 9.10. The van der Waals surface area contributed by atoms with E-state index in [0.717, 1.165) is 10.0 Å². The molecule has 8 heteroatoms. The van der Waals surface area contributed by atoms with E-state index >= 15 is 0 Å². The van der Waals surface area contributed by atoms with Gasteiger partial charge in [0.2, 0.25) is 15.9 Å². The number of sulfonamides is 1. The van der Waals surface area contributed by atoms with Crippen molar-refractivity contribution in [3.63, 3.8) is 0 Å². The minimum absolute atomic E-state index is 0.0165. The summed E-state index contributed by atoms with van der Waals surface area (Å²) in [6.07, 6.45) is 0. The second-order valence-electron chi connectivity index (χ2n) is 6.26. The Bertz CT molecular complexity index is 1110. The van der Waals surface area contributed by atoms with Gasteiger partial charge in [-0.15, -0.1) is 0 Å². The average Bonchev–Trinajstić information content (AvgIpc) is 3.11. The molecule has 2 N–H and O–H groups in total. The van der Waals surface area contributed by atoms with Gasteiger partial charge in [0.1, 0.15) is 11.5 Å². The van der Waals surface area contributed by atoms with Crippen LogP contribution in [0.2, 0.25) is 0 Å². The van der Waals surface area contributed by atoms with Gasteiger partial charge in [-0.25, -0.2) is 13.1 Å². The number of rotatable bonds is 6. The molecule has 6 nitrogen and oxygen atoms in total. The summed E-state index contributed by atoms with van der Waals surface area (Å²) in [6, 6.07) is 15.9. The molecule has 28 heavy (non-hydrogen) atoms. The van der Waals surface area contributed by atoms with Gasteiger partial charge in [-0.1, -0.05) is 34.1 Å². The molecule has 0 aliphatic rings. The number of halogens is 1. The minimum Gasteiger partial charge on any atom is -0.460 e. The molecule has 3 rings (SSSR count). The molecule has 0 unspecified atom stereocenters. The number of amides is 1. The van der Waals surface area contributed by atoms with Crippen LogP contribution in [-0.2, 0) is 21.4 Å². The standard InChI is InChI=1S/C20H19BrN2O4S/c1-13-3-8-17(23-14(2)24)11-20(13)28(25,26)22-12-18-9-10-19(27-18)15-4-6-16(21)7-5-15/h3-11,22H,12H2,1-2H3,(H,23,24). The molecular formula is C20H19BrN2O4S. The molecule has 2 aromatic carbocycles. The van der Waals surface area contributed by atoms with Crippen LogP contribution < -0.4 is 10.0 Å². The van der Waals surface area contributed by atoms with Crippen LogP contribution in [0.25, 0.3) is 11.3 Å². The fourth-order valence-corrected chi connectivity index (χ4v) is 4.18. The molecule has 0 saturated heterocycles. The molecule has 0 aliphatic carbocycles. The van der Waals surface area contributed by atoms with Gasteiger partial charge in [0.15, 0.2) is 0 Å². The Morgan fingerprint density at radius 1 is 1.07 bits per heavy atom. The lowest BCUT2D eigenvalue weighted by atomic mass is 10.2. The lowest BCUT2D eigenvalue weighted by Crippen LogP contribution is -2.24. The second-order valence-corrected chi connectivity index (χ2v) is 8.91. The van der Waals surface area contributed by atoms with E-state index in [4.69, 9.17) is 4.42 Å². The van der Waals surface area contributed by atoms with E-state index in [1.54, 1.807) is 31.2 Å². The Labute approximate surface area is 172 Å². The normalized spacial score (nSPS) is 11.4. The molecule has 1 heterocycles. The number of anilines is 1. The number of benzene rings is 2. The molecule has 0 aliphatic heterocycles. The SMILES string of the molecule is CC(=O)Nc1ccc(C)c(S(=O)(=O)NCc2ccc(-c3ccc(Br)cc3)o2)c1. The van der Waals surface area contributed by atoms with Crippen molar-refractivity contribution < 1.29 is 17.6 Å². The molecule has 0 fully saturated rings. The summed E-state index contributed by atoms with van der Waals surface area (Å²) in [6.45, 7) is 3.08. The summed E-state index contributed by atoms with van der Waals surface area (Å²) in [5.41, 5.74) is 1.90. The highest BCUT2D eigenvalue weighted by atomic mass is 79.9. The number of furan rings is 1. The molecule has 0 atom stereocenters. The van der Waals surface area contributed by atoms with Crippen LogP contribution in [0, 0.1) is 6.92 Å². The predicted molar refractivity (Wildman–Crippen MR) is 111 cm³/mol. The number of nitrogens with one attached hydrogen (secondary N) is 2. The molecule has 0 radical (unpaired) electrons. The third-order valence-corrected chi connectivity index (χ3v) is 6.10. The van der Waals surface area contributed by atoms with Crippen molar-refractivity contribution in [2.45, 2.75) is 25.3 Å². The smallest absolute Gasteiger partial charge is 0.241 e. The first-order chi connectivity index (χ1) is 13.2. The average molecular weight is 463 g/mol. The van der Waals surface area contributed by atoms with Gasteiger partial charge in [-0.2, -0.15) is 0 Å². The third kappa shape index (κ3) is 4.89. The van der Waals surface area contributed by atoms with Crippen molar-refractivity contribution >= 4 is 37.5 Å². The number of carbonyl (C=O) groups excluding carboxylic acids is 1. The van der Waals surface area contributed by atoms with Crippen LogP contribution >= 0.6 is 15.9 Å². The van der Waals surface area contributed by atoms with Crippen molar-refractivity contribution in [2.75, 3.05) is 5.32 Å². The first kappa shape index (κ1) is 20.3. The van der Waals surface area contributed by atoms with E-state index in [-0.39, 0.29) is 17.3 Å². The second kappa shape index (κ2) is 8.30. The summed E-state index contributed by atoms with van der Waals surface area (Å²) >= 11 is 3.39. The minimum atomic E-state index is -3.78. The van der Waals surface area contributed by atoms with E-state index in [0.29, 0.717) is 22.8 Å². The van der Waals surface area contributed by atoms with Gasteiger partial charge in [0.25, 0.3) is 0 Å². The van der Waals surface area contributed by atoms with Gasteiger partial charge in [0.05, 0.1) is 11.4 Å². The fraction of sp³-hybridized carbons (Fsp3) is 0.150. The van der Waals surface area contributed by atoms with Crippen molar-refractivity contribution in [1.82, 2.24) is 4.72 Å². The highest BCUT2D eigenvalue weighted by Gasteiger charge is 2.18. The molecule has 1 aromatic heterocycles. The molecule has 3 aromatic rings. The summed E-state index contributed by atoms with van der Waals surface area (Å²) in [5, 5.41) is 2.59. The molecule has 1 amide bonds. The van der Waals surface area contributed by atoms with Crippen LogP contribution in [0.4, 0.5) is 5.69 Å². The number of aryl methyl sites for hydroxylation is 1. The van der Waals surface area contributed by atoms with Crippen LogP contribution in [-0.4, -0.2) is 14.3 Å². The maximum atomic E-state index is 12.7. The van der Waals surface area contributed by atoms with E-state index in [2.05, 4.69) is 26.0 Å². The zero-order valence-corrected chi connectivity index (χ0v) is 17.7. The zero-order valence-electron chi connectivity index (χ0n) is 15.3. The molecule has 0 spiro atoms. The Morgan fingerprint density at radius 3 is 2.46 bits per heavy atom.